The van der Waals surface area contributed by atoms with Gasteiger partial charge in [0.05, 0.1) is 23.1 Å². The third-order valence-electron chi connectivity index (χ3n) is 3.21. The van der Waals surface area contributed by atoms with Gasteiger partial charge < -0.3 is 9.84 Å². The summed E-state index contributed by atoms with van der Waals surface area (Å²) in [7, 11) is 0. The number of carboxylic acid groups (broad SMARTS) is 1. The molecule has 0 spiro atoms. The molecule has 1 aromatic heterocycles. The standard InChI is InChI=1S/C17H21NO3S2/c1-3-16-15(18-12(2)23-16)7-8-21-14-6-4-5-13(9-14)10-22-11-17(19)20/h4-6,9H,3,7-8,10-11H2,1-2H3,(H,19,20). The van der Waals surface area contributed by atoms with Crippen molar-refractivity contribution in [3.8, 4) is 5.75 Å². The molecule has 0 fully saturated rings. The van der Waals surface area contributed by atoms with Crippen LogP contribution in [-0.2, 0) is 23.4 Å². The molecule has 0 atom stereocenters. The summed E-state index contributed by atoms with van der Waals surface area (Å²) in [6, 6.07) is 7.83. The highest BCUT2D eigenvalue weighted by Crippen LogP contribution is 2.21. The fourth-order valence-corrected chi connectivity index (χ4v) is 3.85. The topological polar surface area (TPSA) is 59.4 Å². The largest absolute Gasteiger partial charge is 0.493 e. The Bertz CT molecular complexity index is 655. The van der Waals surface area contributed by atoms with Gasteiger partial charge in [0.1, 0.15) is 5.75 Å². The molecule has 124 valence electrons. The Balaban J connectivity index is 1.84. The van der Waals surface area contributed by atoms with Crippen LogP contribution in [0.15, 0.2) is 24.3 Å². The lowest BCUT2D eigenvalue weighted by molar-refractivity contribution is -0.133. The van der Waals surface area contributed by atoms with E-state index in [-0.39, 0.29) is 5.75 Å². The third-order valence-corrected chi connectivity index (χ3v) is 5.35. The van der Waals surface area contributed by atoms with E-state index in [0.717, 1.165) is 34.9 Å². The molecule has 2 rings (SSSR count). The van der Waals surface area contributed by atoms with Crippen molar-refractivity contribution in [2.24, 2.45) is 0 Å². The first-order valence-electron chi connectivity index (χ1n) is 7.55. The Morgan fingerprint density at radius 3 is 3.00 bits per heavy atom. The van der Waals surface area contributed by atoms with Gasteiger partial charge >= 0.3 is 5.97 Å². The van der Waals surface area contributed by atoms with Gasteiger partial charge in [-0.1, -0.05) is 19.1 Å². The zero-order chi connectivity index (χ0) is 16.7. The first-order chi connectivity index (χ1) is 11.1. The minimum absolute atomic E-state index is 0.119. The van der Waals surface area contributed by atoms with E-state index in [0.29, 0.717) is 12.4 Å². The summed E-state index contributed by atoms with van der Waals surface area (Å²) in [6.45, 7) is 4.78. The Morgan fingerprint density at radius 2 is 2.26 bits per heavy atom. The molecule has 0 saturated carbocycles. The highest BCUT2D eigenvalue weighted by atomic mass is 32.2. The molecule has 1 N–H and O–H groups in total. The van der Waals surface area contributed by atoms with Gasteiger partial charge in [-0.25, -0.2) is 4.98 Å². The number of hydrogen-bond donors (Lipinski definition) is 1. The minimum atomic E-state index is -0.785. The van der Waals surface area contributed by atoms with E-state index in [1.807, 2.05) is 31.2 Å². The average molecular weight is 351 g/mol. The van der Waals surface area contributed by atoms with Gasteiger partial charge in [-0.2, -0.15) is 0 Å². The molecule has 0 unspecified atom stereocenters. The SMILES string of the molecule is CCc1sc(C)nc1CCOc1cccc(CSCC(=O)O)c1. The van der Waals surface area contributed by atoms with Crippen molar-refractivity contribution in [1.82, 2.24) is 4.98 Å². The highest BCUT2D eigenvalue weighted by molar-refractivity contribution is 7.99. The maximum absolute atomic E-state index is 10.5. The summed E-state index contributed by atoms with van der Waals surface area (Å²) < 4.78 is 5.83. The first-order valence-corrected chi connectivity index (χ1v) is 9.52. The molecule has 0 bridgehead atoms. The Hall–Kier alpha value is -1.53. The number of ether oxygens (including phenoxy) is 1. The van der Waals surface area contributed by atoms with Gasteiger partial charge in [0.15, 0.2) is 0 Å². The zero-order valence-electron chi connectivity index (χ0n) is 13.4. The lowest BCUT2D eigenvalue weighted by atomic mass is 10.2. The zero-order valence-corrected chi connectivity index (χ0v) is 15.0. The number of aliphatic carboxylic acids is 1. The molecule has 4 nitrogen and oxygen atoms in total. The molecule has 0 radical (unpaired) electrons. The number of nitrogens with zero attached hydrogens (tertiary/aromatic N) is 1. The monoisotopic (exact) mass is 351 g/mol. The second-order valence-electron chi connectivity index (χ2n) is 5.09. The van der Waals surface area contributed by atoms with E-state index in [4.69, 9.17) is 9.84 Å². The number of thiazole rings is 1. The van der Waals surface area contributed by atoms with E-state index < -0.39 is 5.97 Å². The minimum Gasteiger partial charge on any atom is -0.493 e. The molecule has 1 heterocycles. The Kier molecular flexibility index (Phi) is 6.92. The van der Waals surface area contributed by atoms with Crippen molar-refractivity contribution < 1.29 is 14.6 Å². The summed E-state index contributed by atoms with van der Waals surface area (Å²) in [5.74, 6) is 0.833. The van der Waals surface area contributed by atoms with Crippen molar-refractivity contribution in [3.63, 3.8) is 0 Å². The third kappa shape index (κ3) is 5.88. The van der Waals surface area contributed by atoms with Crippen LogP contribution in [0.2, 0.25) is 0 Å². The van der Waals surface area contributed by atoms with Crippen molar-refractivity contribution >= 4 is 29.1 Å². The van der Waals surface area contributed by atoms with E-state index in [9.17, 15) is 4.79 Å². The molecule has 0 aliphatic carbocycles. The molecule has 2 aromatic rings. The maximum Gasteiger partial charge on any atom is 0.313 e. The number of rotatable bonds is 9. The lowest BCUT2D eigenvalue weighted by Gasteiger charge is -2.08. The van der Waals surface area contributed by atoms with Gasteiger partial charge in [0.25, 0.3) is 0 Å². The number of benzene rings is 1. The first kappa shape index (κ1) is 17.8. The van der Waals surface area contributed by atoms with Crippen LogP contribution in [0.4, 0.5) is 0 Å². The van der Waals surface area contributed by atoms with Crippen LogP contribution >= 0.6 is 23.1 Å². The highest BCUT2D eigenvalue weighted by Gasteiger charge is 2.07. The maximum atomic E-state index is 10.5. The summed E-state index contributed by atoms with van der Waals surface area (Å²) in [6.07, 6.45) is 1.82. The Labute approximate surface area is 144 Å². The van der Waals surface area contributed by atoms with Crippen molar-refractivity contribution in [2.45, 2.75) is 32.4 Å². The molecule has 6 heteroatoms. The van der Waals surface area contributed by atoms with Crippen molar-refractivity contribution in [1.29, 1.82) is 0 Å². The fraction of sp³-hybridized carbons (Fsp3) is 0.412. The van der Waals surface area contributed by atoms with Crippen LogP contribution in [-0.4, -0.2) is 28.4 Å². The van der Waals surface area contributed by atoms with Crippen molar-refractivity contribution in [3.05, 3.63) is 45.4 Å². The molecule has 0 amide bonds. The number of carbonyl (C=O) groups is 1. The molecule has 0 aliphatic rings. The Morgan fingerprint density at radius 1 is 1.43 bits per heavy atom. The normalized spacial score (nSPS) is 10.7. The van der Waals surface area contributed by atoms with Gasteiger partial charge in [-0.15, -0.1) is 23.1 Å². The number of aryl methyl sites for hydroxylation is 2. The van der Waals surface area contributed by atoms with Crippen molar-refractivity contribution in [2.75, 3.05) is 12.4 Å². The molecular weight excluding hydrogens is 330 g/mol. The molecule has 1 aromatic carbocycles. The van der Waals surface area contributed by atoms with Crippen LogP contribution in [0, 0.1) is 6.92 Å². The number of thioether (sulfide) groups is 1. The fourth-order valence-electron chi connectivity index (χ4n) is 2.23. The van der Waals surface area contributed by atoms with Crippen LogP contribution in [0.25, 0.3) is 0 Å². The lowest BCUT2D eigenvalue weighted by Crippen LogP contribution is -2.03. The number of carboxylic acids is 1. The summed E-state index contributed by atoms with van der Waals surface area (Å²) >= 11 is 3.14. The quantitative estimate of drug-likeness (QED) is 0.741. The van der Waals surface area contributed by atoms with E-state index in [2.05, 4.69) is 11.9 Å². The van der Waals surface area contributed by atoms with Crippen LogP contribution in [0.5, 0.6) is 5.75 Å². The second kappa shape index (κ2) is 8.93. The number of hydrogen-bond acceptors (Lipinski definition) is 5. The van der Waals surface area contributed by atoms with Gasteiger partial charge in [-0.3, -0.25) is 4.79 Å². The van der Waals surface area contributed by atoms with Gasteiger partial charge in [0.2, 0.25) is 0 Å². The molecule has 23 heavy (non-hydrogen) atoms. The summed E-state index contributed by atoms with van der Waals surface area (Å²) in [4.78, 5) is 16.4. The smallest absolute Gasteiger partial charge is 0.313 e. The predicted octanol–water partition coefficient (Wildman–Crippen LogP) is 3.95. The average Bonchev–Trinajstić information content (AvgIpc) is 2.87. The second-order valence-corrected chi connectivity index (χ2v) is 7.36. The summed E-state index contributed by atoms with van der Waals surface area (Å²) in [5, 5.41) is 9.77. The van der Waals surface area contributed by atoms with E-state index in [1.54, 1.807) is 11.3 Å². The molecule has 0 saturated heterocycles. The summed E-state index contributed by atoms with van der Waals surface area (Å²) in [5.41, 5.74) is 2.22. The number of aromatic nitrogens is 1. The molecular formula is C17H21NO3S2. The van der Waals surface area contributed by atoms with Crippen LogP contribution in [0.3, 0.4) is 0 Å². The van der Waals surface area contributed by atoms with E-state index >= 15 is 0 Å². The van der Waals surface area contributed by atoms with Gasteiger partial charge in [0, 0.05) is 17.1 Å². The van der Waals surface area contributed by atoms with Gasteiger partial charge in [-0.05, 0) is 31.0 Å². The predicted molar refractivity (Wildman–Crippen MR) is 95.7 cm³/mol. The van der Waals surface area contributed by atoms with Crippen LogP contribution in [0.1, 0.15) is 28.1 Å². The molecule has 0 aliphatic heterocycles. The van der Waals surface area contributed by atoms with Crippen LogP contribution < -0.4 is 4.74 Å². The van der Waals surface area contributed by atoms with E-state index in [1.165, 1.54) is 16.6 Å².